The Bertz CT molecular complexity index is 695. The van der Waals surface area contributed by atoms with Gasteiger partial charge in [-0.1, -0.05) is 6.08 Å². The Kier molecular flexibility index (Phi) is 5.16. The van der Waals surface area contributed by atoms with Crippen molar-refractivity contribution in [2.24, 2.45) is 0 Å². The van der Waals surface area contributed by atoms with Crippen LogP contribution in [0.1, 0.15) is 21.6 Å². The second kappa shape index (κ2) is 7.09. The summed E-state index contributed by atoms with van der Waals surface area (Å²) in [6.45, 7) is 5.61. The number of nitrogens with one attached hydrogen (secondary N) is 1. The van der Waals surface area contributed by atoms with Crippen LogP contribution in [0.4, 0.5) is 5.13 Å². The van der Waals surface area contributed by atoms with Crippen LogP contribution < -0.4 is 14.8 Å². The van der Waals surface area contributed by atoms with E-state index >= 15 is 0 Å². The highest BCUT2D eigenvalue weighted by Crippen LogP contribution is 2.33. The van der Waals surface area contributed by atoms with Crippen molar-refractivity contribution in [1.29, 1.82) is 0 Å². The van der Waals surface area contributed by atoms with Crippen molar-refractivity contribution in [1.82, 2.24) is 4.98 Å². The minimum Gasteiger partial charge on any atom is -0.493 e. The quantitative estimate of drug-likeness (QED) is 0.829. The molecule has 0 unspecified atom stereocenters. The van der Waals surface area contributed by atoms with Crippen molar-refractivity contribution in [2.45, 2.75) is 13.3 Å². The zero-order valence-corrected chi connectivity index (χ0v) is 13.6. The number of carbonyl (C=O) groups excluding carboxylic acids is 1. The number of carbonyl (C=O) groups is 1. The van der Waals surface area contributed by atoms with Crippen molar-refractivity contribution in [3.05, 3.63) is 47.0 Å². The highest BCUT2D eigenvalue weighted by molar-refractivity contribution is 7.13. The van der Waals surface area contributed by atoms with Gasteiger partial charge in [0, 0.05) is 16.5 Å². The third-order valence-electron chi connectivity index (χ3n) is 3.02. The summed E-state index contributed by atoms with van der Waals surface area (Å²) < 4.78 is 10.7. The predicted molar refractivity (Wildman–Crippen MR) is 88.3 cm³/mol. The number of hydrogen-bond acceptors (Lipinski definition) is 5. The molecule has 0 atom stereocenters. The number of anilines is 1. The Hall–Kier alpha value is -2.34. The minimum absolute atomic E-state index is 0.236. The summed E-state index contributed by atoms with van der Waals surface area (Å²) in [4.78, 5) is 16.6. The summed E-state index contributed by atoms with van der Waals surface area (Å²) in [6.07, 6.45) is 2.33. The third-order valence-corrected chi connectivity index (χ3v) is 3.90. The van der Waals surface area contributed by atoms with E-state index < -0.39 is 0 Å². The molecule has 1 aromatic carbocycles. The van der Waals surface area contributed by atoms with Gasteiger partial charge in [-0.05, 0) is 25.5 Å². The average molecular weight is 318 g/mol. The highest BCUT2D eigenvalue weighted by Gasteiger charge is 2.16. The smallest absolute Gasteiger partial charge is 0.257 e. The van der Waals surface area contributed by atoms with Crippen LogP contribution >= 0.6 is 11.3 Å². The summed E-state index contributed by atoms with van der Waals surface area (Å²) in [5.74, 6) is 0.895. The van der Waals surface area contributed by atoms with Gasteiger partial charge in [-0.2, -0.15) is 0 Å². The van der Waals surface area contributed by atoms with E-state index in [0.717, 1.165) is 11.3 Å². The van der Waals surface area contributed by atoms with Gasteiger partial charge in [0.25, 0.3) is 5.91 Å². The molecule has 5 nitrogen and oxygen atoms in total. The molecule has 1 aromatic heterocycles. The van der Waals surface area contributed by atoms with Gasteiger partial charge in [0.05, 0.1) is 19.9 Å². The first-order valence-corrected chi connectivity index (χ1v) is 7.56. The number of aryl methyl sites for hydroxylation is 1. The Balaban J connectivity index is 2.35. The van der Waals surface area contributed by atoms with E-state index in [-0.39, 0.29) is 5.91 Å². The number of amides is 1. The number of thiazole rings is 1. The fraction of sp³-hybridized carbons (Fsp3) is 0.250. The lowest BCUT2D eigenvalue weighted by Crippen LogP contribution is -2.13. The third kappa shape index (κ3) is 3.46. The van der Waals surface area contributed by atoms with Gasteiger partial charge in [0.15, 0.2) is 16.6 Å². The molecular weight excluding hydrogens is 300 g/mol. The molecule has 0 saturated heterocycles. The highest BCUT2D eigenvalue weighted by atomic mass is 32.1. The SMILES string of the molecule is C=CCc1cc(C(=O)Nc2nc(C)cs2)cc(OC)c1OC. The second-order valence-electron chi connectivity index (χ2n) is 4.61. The van der Waals surface area contributed by atoms with Crippen LogP contribution in [-0.4, -0.2) is 25.1 Å². The van der Waals surface area contributed by atoms with E-state index in [9.17, 15) is 4.79 Å². The first-order valence-electron chi connectivity index (χ1n) is 6.68. The Morgan fingerprint density at radius 3 is 2.73 bits per heavy atom. The van der Waals surface area contributed by atoms with Gasteiger partial charge in [0.1, 0.15) is 0 Å². The van der Waals surface area contributed by atoms with E-state index in [1.807, 2.05) is 12.3 Å². The van der Waals surface area contributed by atoms with Gasteiger partial charge >= 0.3 is 0 Å². The van der Waals surface area contributed by atoms with E-state index in [1.165, 1.54) is 11.3 Å². The van der Waals surface area contributed by atoms with Crippen LogP contribution in [0, 0.1) is 6.92 Å². The van der Waals surface area contributed by atoms with Crippen molar-refractivity contribution < 1.29 is 14.3 Å². The fourth-order valence-electron chi connectivity index (χ4n) is 2.06. The summed E-state index contributed by atoms with van der Waals surface area (Å²) >= 11 is 1.39. The normalized spacial score (nSPS) is 10.1. The first kappa shape index (κ1) is 16.0. The first-order chi connectivity index (χ1) is 10.6. The lowest BCUT2D eigenvalue weighted by molar-refractivity contribution is 0.102. The standard InChI is InChI=1S/C16H18N2O3S/c1-5-6-11-7-12(8-13(20-3)14(11)21-4)15(19)18-16-17-10(2)9-22-16/h5,7-9H,1,6H2,2-4H3,(H,17,18,19). The average Bonchev–Trinajstić information content (AvgIpc) is 2.91. The molecule has 0 aliphatic rings. The molecule has 116 valence electrons. The molecule has 0 aliphatic heterocycles. The maximum Gasteiger partial charge on any atom is 0.257 e. The molecular formula is C16H18N2O3S. The molecule has 2 aromatic rings. The molecule has 0 spiro atoms. The molecule has 6 heteroatoms. The second-order valence-corrected chi connectivity index (χ2v) is 5.47. The molecule has 2 rings (SSSR count). The molecule has 0 aliphatic carbocycles. The van der Waals surface area contributed by atoms with Crippen molar-refractivity contribution in [2.75, 3.05) is 19.5 Å². The van der Waals surface area contributed by atoms with Crippen molar-refractivity contribution in [3.8, 4) is 11.5 Å². The molecule has 0 radical (unpaired) electrons. The number of rotatable bonds is 6. The van der Waals surface area contributed by atoms with E-state index in [0.29, 0.717) is 28.6 Å². The Morgan fingerprint density at radius 2 is 2.18 bits per heavy atom. The van der Waals surface area contributed by atoms with Gasteiger partial charge < -0.3 is 9.47 Å². The maximum atomic E-state index is 12.4. The largest absolute Gasteiger partial charge is 0.493 e. The van der Waals surface area contributed by atoms with Crippen LogP contribution in [0.3, 0.4) is 0 Å². The number of benzene rings is 1. The van der Waals surface area contributed by atoms with Gasteiger partial charge in [-0.25, -0.2) is 4.98 Å². The Labute approximate surface area is 133 Å². The number of allylic oxidation sites excluding steroid dienone is 1. The summed E-state index contributed by atoms with van der Waals surface area (Å²) in [5, 5.41) is 5.24. The number of ether oxygens (including phenoxy) is 2. The van der Waals surface area contributed by atoms with E-state index in [1.54, 1.807) is 32.4 Å². The van der Waals surface area contributed by atoms with Crippen LogP contribution in [0.2, 0.25) is 0 Å². The molecule has 1 heterocycles. The monoisotopic (exact) mass is 318 g/mol. The van der Waals surface area contributed by atoms with Crippen molar-refractivity contribution >= 4 is 22.4 Å². The fourth-order valence-corrected chi connectivity index (χ4v) is 2.75. The zero-order valence-electron chi connectivity index (χ0n) is 12.8. The van der Waals surface area contributed by atoms with Gasteiger partial charge in [0.2, 0.25) is 0 Å². The molecule has 0 saturated carbocycles. The molecule has 22 heavy (non-hydrogen) atoms. The predicted octanol–water partition coefficient (Wildman–Crippen LogP) is 3.45. The van der Waals surface area contributed by atoms with E-state index in [4.69, 9.17) is 9.47 Å². The van der Waals surface area contributed by atoms with Crippen LogP contribution in [0.5, 0.6) is 11.5 Å². The molecule has 1 N–H and O–H groups in total. The zero-order chi connectivity index (χ0) is 16.1. The van der Waals surface area contributed by atoms with Crippen LogP contribution in [0.15, 0.2) is 30.2 Å². The summed E-state index contributed by atoms with van der Waals surface area (Å²) in [6, 6.07) is 3.43. The van der Waals surface area contributed by atoms with Gasteiger partial charge in [-0.3, -0.25) is 10.1 Å². The molecule has 1 amide bonds. The number of hydrogen-bond donors (Lipinski definition) is 1. The van der Waals surface area contributed by atoms with Gasteiger partial charge in [-0.15, -0.1) is 17.9 Å². The van der Waals surface area contributed by atoms with E-state index in [2.05, 4.69) is 16.9 Å². The lowest BCUT2D eigenvalue weighted by atomic mass is 10.1. The topological polar surface area (TPSA) is 60.5 Å². The molecule has 0 bridgehead atoms. The minimum atomic E-state index is -0.236. The van der Waals surface area contributed by atoms with Crippen molar-refractivity contribution in [3.63, 3.8) is 0 Å². The molecule has 0 fully saturated rings. The number of methoxy groups -OCH3 is 2. The lowest BCUT2D eigenvalue weighted by Gasteiger charge is -2.14. The number of aromatic nitrogens is 1. The van der Waals surface area contributed by atoms with Crippen LogP contribution in [0.25, 0.3) is 0 Å². The number of nitrogens with zero attached hydrogens (tertiary/aromatic N) is 1. The Morgan fingerprint density at radius 1 is 1.41 bits per heavy atom. The summed E-state index contributed by atoms with van der Waals surface area (Å²) in [7, 11) is 3.12. The summed E-state index contributed by atoms with van der Waals surface area (Å²) in [5.41, 5.74) is 2.21. The maximum absolute atomic E-state index is 12.4. The van der Waals surface area contributed by atoms with Crippen LogP contribution in [-0.2, 0) is 6.42 Å².